The quantitative estimate of drug-likeness (QED) is 0.806. The van der Waals surface area contributed by atoms with Gasteiger partial charge >= 0.3 is 0 Å². The van der Waals surface area contributed by atoms with Crippen molar-refractivity contribution in [3.8, 4) is 11.4 Å². The van der Waals surface area contributed by atoms with E-state index in [2.05, 4.69) is 52.8 Å². The maximum atomic E-state index is 5.87. The highest BCUT2D eigenvalue weighted by Crippen LogP contribution is 2.23. The number of hydrogen-bond donors (Lipinski definition) is 0. The summed E-state index contributed by atoms with van der Waals surface area (Å²) in [6.07, 6.45) is 3.10. The largest absolute Gasteiger partial charge is 0.373 e. The van der Waals surface area contributed by atoms with Crippen LogP contribution in [0.3, 0.4) is 0 Å². The highest BCUT2D eigenvalue weighted by Gasteiger charge is 2.30. The van der Waals surface area contributed by atoms with Gasteiger partial charge in [0.1, 0.15) is 0 Å². The number of ether oxygens (including phenoxy) is 1. The van der Waals surface area contributed by atoms with Crippen LogP contribution in [-0.2, 0) is 11.3 Å². The maximum absolute atomic E-state index is 5.87. The van der Waals surface area contributed by atoms with Gasteiger partial charge in [0.25, 0.3) is 0 Å². The Hall–Kier alpha value is -1.76. The first kappa shape index (κ1) is 18.6. The molecule has 1 aromatic carbocycles. The molecule has 3 unspecified atom stereocenters. The molecule has 2 aromatic rings. The lowest BCUT2D eigenvalue weighted by Gasteiger charge is -2.38. The van der Waals surface area contributed by atoms with Crippen molar-refractivity contribution in [1.29, 1.82) is 0 Å². The summed E-state index contributed by atoms with van der Waals surface area (Å²) < 4.78 is 11.4. The average molecular weight is 370 g/mol. The van der Waals surface area contributed by atoms with Crippen molar-refractivity contribution in [1.82, 2.24) is 19.9 Å². The molecule has 1 aromatic heterocycles. The normalized spacial score (nSPS) is 27.3. The molecular weight excluding hydrogens is 340 g/mol. The lowest BCUT2D eigenvalue weighted by atomic mass is 10.1. The van der Waals surface area contributed by atoms with E-state index in [9.17, 15) is 0 Å². The van der Waals surface area contributed by atoms with Crippen LogP contribution in [0.25, 0.3) is 11.4 Å². The molecule has 0 amide bonds. The van der Waals surface area contributed by atoms with Crippen molar-refractivity contribution in [2.75, 3.05) is 26.2 Å². The third kappa shape index (κ3) is 4.57. The van der Waals surface area contributed by atoms with Gasteiger partial charge in [-0.3, -0.25) is 9.80 Å². The molecule has 4 rings (SSSR count). The second-order valence-corrected chi connectivity index (χ2v) is 8.12. The zero-order chi connectivity index (χ0) is 18.8. The fourth-order valence-electron chi connectivity index (χ4n) is 4.44. The van der Waals surface area contributed by atoms with Gasteiger partial charge in [0.15, 0.2) is 0 Å². The molecule has 0 N–H and O–H groups in total. The third-order valence-electron chi connectivity index (χ3n) is 5.55. The molecule has 0 saturated carbocycles. The van der Waals surface area contributed by atoms with Crippen LogP contribution in [0.5, 0.6) is 0 Å². The van der Waals surface area contributed by atoms with Crippen LogP contribution >= 0.6 is 0 Å². The molecule has 27 heavy (non-hydrogen) atoms. The van der Waals surface area contributed by atoms with Crippen molar-refractivity contribution in [3.05, 3.63) is 35.7 Å². The van der Waals surface area contributed by atoms with Gasteiger partial charge in [-0.25, -0.2) is 0 Å². The number of nitrogens with zero attached hydrogens (tertiary/aromatic N) is 4. The van der Waals surface area contributed by atoms with E-state index in [0.717, 1.165) is 38.3 Å². The predicted molar refractivity (Wildman–Crippen MR) is 104 cm³/mol. The van der Waals surface area contributed by atoms with Gasteiger partial charge in [-0.1, -0.05) is 28.9 Å². The van der Waals surface area contributed by atoms with Crippen molar-refractivity contribution in [2.24, 2.45) is 0 Å². The minimum Gasteiger partial charge on any atom is -0.373 e. The summed E-state index contributed by atoms with van der Waals surface area (Å²) in [7, 11) is 0. The number of aryl methyl sites for hydroxylation is 1. The van der Waals surface area contributed by atoms with Crippen LogP contribution in [0, 0.1) is 6.92 Å². The molecule has 0 radical (unpaired) electrons. The summed E-state index contributed by atoms with van der Waals surface area (Å²) in [5.41, 5.74) is 2.21. The first-order chi connectivity index (χ1) is 13.1. The van der Waals surface area contributed by atoms with Gasteiger partial charge < -0.3 is 9.26 Å². The van der Waals surface area contributed by atoms with E-state index in [1.54, 1.807) is 0 Å². The minimum absolute atomic E-state index is 0.316. The molecule has 6 nitrogen and oxygen atoms in total. The number of hydrogen-bond acceptors (Lipinski definition) is 6. The molecule has 2 saturated heterocycles. The van der Waals surface area contributed by atoms with Crippen LogP contribution in [0.2, 0.25) is 0 Å². The highest BCUT2D eigenvalue weighted by atomic mass is 16.5. The summed E-state index contributed by atoms with van der Waals surface area (Å²) >= 11 is 0. The number of rotatable bonds is 5. The van der Waals surface area contributed by atoms with Gasteiger partial charge in [-0.05, 0) is 46.2 Å². The minimum atomic E-state index is 0.316. The Kier molecular flexibility index (Phi) is 5.57. The average Bonchev–Trinajstić information content (AvgIpc) is 3.24. The van der Waals surface area contributed by atoms with E-state index in [1.165, 1.54) is 18.4 Å². The standard InChI is InChI=1S/C21H30N4O2/c1-15-6-4-7-18(10-15)21-22-20(27-23-21)14-25-9-5-8-19(25)13-24-11-16(2)26-17(3)12-24/h4,6-7,10,16-17,19H,5,8-9,11-14H2,1-3H3. The molecule has 0 spiro atoms. The third-order valence-corrected chi connectivity index (χ3v) is 5.55. The summed E-state index contributed by atoms with van der Waals surface area (Å²) in [4.78, 5) is 9.69. The van der Waals surface area contributed by atoms with Crippen LogP contribution in [0.15, 0.2) is 28.8 Å². The molecule has 2 aliphatic rings. The second-order valence-electron chi connectivity index (χ2n) is 8.12. The SMILES string of the molecule is Cc1cccc(-c2noc(CN3CCCC3CN3CC(C)OC(C)C3)n2)c1. The number of likely N-dealkylation sites (tertiary alicyclic amines) is 1. The maximum Gasteiger partial charge on any atom is 0.241 e. The Morgan fingerprint density at radius 1 is 1.19 bits per heavy atom. The Balaban J connectivity index is 1.38. The molecule has 3 atom stereocenters. The lowest BCUT2D eigenvalue weighted by Crippen LogP contribution is -2.50. The monoisotopic (exact) mass is 370 g/mol. The van der Waals surface area contributed by atoms with E-state index < -0.39 is 0 Å². The van der Waals surface area contributed by atoms with Gasteiger partial charge in [-0.2, -0.15) is 4.98 Å². The molecule has 2 fully saturated rings. The van der Waals surface area contributed by atoms with Crippen LogP contribution < -0.4 is 0 Å². The molecule has 146 valence electrons. The first-order valence-electron chi connectivity index (χ1n) is 10.1. The smallest absolute Gasteiger partial charge is 0.241 e. The van der Waals surface area contributed by atoms with Gasteiger partial charge in [0.2, 0.25) is 11.7 Å². The van der Waals surface area contributed by atoms with E-state index in [-0.39, 0.29) is 0 Å². The van der Waals surface area contributed by atoms with Gasteiger partial charge in [-0.15, -0.1) is 0 Å². The molecule has 3 heterocycles. The Morgan fingerprint density at radius 3 is 2.78 bits per heavy atom. The Labute approximate surface area is 161 Å². The lowest BCUT2D eigenvalue weighted by molar-refractivity contribution is -0.0726. The summed E-state index contributed by atoms with van der Waals surface area (Å²) in [6, 6.07) is 8.78. The van der Waals surface area contributed by atoms with E-state index >= 15 is 0 Å². The molecule has 6 heteroatoms. The zero-order valence-corrected chi connectivity index (χ0v) is 16.6. The van der Waals surface area contributed by atoms with Crippen molar-refractivity contribution in [3.63, 3.8) is 0 Å². The van der Waals surface area contributed by atoms with Gasteiger partial charge in [0, 0.05) is 31.2 Å². The topological polar surface area (TPSA) is 54.6 Å². The fraction of sp³-hybridized carbons (Fsp3) is 0.619. The molecule has 0 bridgehead atoms. The molecule has 0 aliphatic carbocycles. The van der Waals surface area contributed by atoms with Crippen LogP contribution in [-0.4, -0.2) is 64.4 Å². The van der Waals surface area contributed by atoms with Crippen LogP contribution in [0.4, 0.5) is 0 Å². The second kappa shape index (κ2) is 8.09. The van der Waals surface area contributed by atoms with E-state index in [1.807, 2.05) is 12.1 Å². The van der Waals surface area contributed by atoms with E-state index in [4.69, 9.17) is 9.26 Å². The summed E-state index contributed by atoms with van der Waals surface area (Å²) in [5, 5.41) is 4.19. The predicted octanol–water partition coefficient (Wildman–Crippen LogP) is 3.12. The van der Waals surface area contributed by atoms with Crippen molar-refractivity contribution < 1.29 is 9.26 Å². The molecular formula is C21H30N4O2. The van der Waals surface area contributed by atoms with E-state index in [0.29, 0.717) is 30.0 Å². The Morgan fingerprint density at radius 2 is 2.00 bits per heavy atom. The molecule has 2 aliphatic heterocycles. The zero-order valence-electron chi connectivity index (χ0n) is 16.6. The van der Waals surface area contributed by atoms with Crippen molar-refractivity contribution in [2.45, 2.75) is 58.4 Å². The number of benzene rings is 1. The highest BCUT2D eigenvalue weighted by molar-refractivity contribution is 5.55. The Bertz CT molecular complexity index is 752. The van der Waals surface area contributed by atoms with Crippen LogP contribution in [0.1, 0.15) is 38.1 Å². The number of aromatic nitrogens is 2. The van der Waals surface area contributed by atoms with Crippen molar-refractivity contribution >= 4 is 0 Å². The summed E-state index contributed by atoms with van der Waals surface area (Å²) in [5.74, 6) is 1.39. The fourth-order valence-corrected chi connectivity index (χ4v) is 4.44. The number of morpholine rings is 1. The summed E-state index contributed by atoms with van der Waals surface area (Å²) in [6.45, 7) is 11.4. The first-order valence-corrected chi connectivity index (χ1v) is 10.1. The van der Waals surface area contributed by atoms with Gasteiger partial charge in [0.05, 0.1) is 18.8 Å².